The normalized spacial score (nSPS) is 9.84. The predicted molar refractivity (Wildman–Crippen MR) is 75.5 cm³/mol. The molecular formula is C15H29NO2Zr. The van der Waals surface area contributed by atoms with Crippen molar-refractivity contribution in [3.63, 3.8) is 0 Å². The van der Waals surface area contributed by atoms with Gasteiger partial charge in [-0.15, -0.1) is 0 Å². The van der Waals surface area contributed by atoms with Crippen LogP contribution in [-0.4, -0.2) is 29.7 Å². The fraction of sp³-hybridized carbons (Fsp3) is 0.867. The van der Waals surface area contributed by atoms with Gasteiger partial charge < -0.3 is 4.90 Å². The topological polar surface area (TPSA) is 37.4 Å². The van der Waals surface area contributed by atoms with E-state index in [-0.39, 0.29) is 44.3 Å². The number of nitrogens with zero attached hydrogens (tertiary/aromatic N) is 1. The Morgan fingerprint density at radius 2 is 1.32 bits per heavy atom. The number of unbranched alkanes of at least 4 members (excludes halogenated alkanes) is 3. The summed E-state index contributed by atoms with van der Waals surface area (Å²) in [5, 5.41) is 0. The SMILES string of the molecule is CCCCC(=O)CC(=O)N(CCCC)CCCC.[Zr]. The van der Waals surface area contributed by atoms with E-state index in [1.165, 1.54) is 0 Å². The van der Waals surface area contributed by atoms with Gasteiger partial charge in [0.05, 0.1) is 6.42 Å². The van der Waals surface area contributed by atoms with Crippen molar-refractivity contribution in [2.45, 2.75) is 72.1 Å². The molecule has 0 aromatic carbocycles. The molecule has 0 saturated heterocycles. The molecule has 0 radical (unpaired) electrons. The van der Waals surface area contributed by atoms with E-state index in [2.05, 4.69) is 20.8 Å². The van der Waals surface area contributed by atoms with Gasteiger partial charge in [-0.1, -0.05) is 40.0 Å². The molecule has 110 valence electrons. The Hall–Kier alpha value is 0.0231. The maximum absolute atomic E-state index is 12.0. The number of carbonyl (C=O) groups excluding carboxylic acids is 2. The van der Waals surface area contributed by atoms with Crippen molar-refractivity contribution in [1.29, 1.82) is 0 Å². The van der Waals surface area contributed by atoms with Crippen molar-refractivity contribution in [3.05, 3.63) is 0 Å². The van der Waals surface area contributed by atoms with Gasteiger partial charge in [-0.3, -0.25) is 9.59 Å². The molecule has 0 unspecified atom stereocenters. The third-order valence-corrected chi connectivity index (χ3v) is 3.07. The minimum absolute atomic E-state index is 0. The molecule has 0 fully saturated rings. The second kappa shape index (κ2) is 14.4. The van der Waals surface area contributed by atoms with Crippen molar-refractivity contribution in [1.82, 2.24) is 4.90 Å². The zero-order valence-corrected chi connectivity index (χ0v) is 15.3. The van der Waals surface area contributed by atoms with E-state index in [0.29, 0.717) is 6.42 Å². The molecule has 0 aliphatic carbocycles. The molecule has 4 heteroatoms. The average Bonchev–Trinajstić information content (AvgIpc) is 2.36. The van der Waals surface area contributed by atoms with Gasteiger partial charge in [-0.2, -0.15) is 0 Å². The van der Waals surface area contributed by atoms with Gasteiger partial charge in [0, 0.05) is 45.7 Å². The Bertz CT molecular complexity index is 236. The number of ketones is 1. The van der Waals surface area contributed by atoms with Crippen molar-refractivity contribution in [2.24, 2.45) is 0 Å². The number of rotatable bonds is 11. The van der Waals surface area contributed by atoms with Gasteiger partial charge in [0.25, 0.3) is 0 Å². The van der Waals surface area contributed by atoms with E-state index >= 15 is 0 Å². The van der Waals surface area contributed by atoms with Gasteiger partial charge in [0.1, 0.15) is 5.78 Å². The van der Waals surface area contributed by atoms with Crippen molar-refractivity contribution in [2.75, 3.05) is 13.1 Å². The van der Waals surface area contributed by atoms with Crippen LogP contribution in [0.2, 0.25) is 0 Å². The Balaban J connectivity index is 0. The second-order valence-corrected chi connectivity index (χ2v) is 4.91. The predicted octanol–water partition coefficient (Wildman–Crippen LogP) is 3.56. The van der Waals surface area contributed by atoms with E-state index in [4.69, 9.17) is 0 Å². The van der Waals surface area contributed by atoms with E-state index < -0.39 is 0 Å². The summed E-state index contributed by atoms with van der Waals surface area (Å²) in [4.78, 5) is 25.5. The number of Topliss-reactive ketones (excluding diaryl/α,β-unsaturated/α-hetero) is 1. The molecule has 3 nitrogen and oxygen atoms in total. The van der Waals surface area contributed by atoms with Crippen molar-refractivity contribution in [3.8, 4) is 0 Å². The molecule has 0 saturated carbocycles. The van der Waals surface area contributed by atoms with Crippen LogP contribution in [0.1, 0.15) is 72.1 Å². The first kappa shape index (κ1) is 21.3. The first-order valence-corrected chi connectivity index (χ1v) is 7.45. The van der Waals surface area contributed by atoms with E-state index in [0.717, 1.165) is 51.6 Å². The molecule has 0 atom stereocenters. The summed E-state index contributed by atoms with van der Waals surface area (Å²) in [6.45, 7) is 7.90. The molecule has 0 N–H and O–H groups in total. The monoisotopic (exact) mass is 345 g/mol. The average molecular weight is 347 g/mol. The van der Waals surface area contributed by atoms with Gasteiger partial charge in [-0.25, -0.2) is 0 Å². The van der Waals surface area contributed by atoms with Crippen LogP contribution in [0.4, 0.5) is 0 Å². The summed E-state index contributed by atoms with van der Waals surface area (Å²) in [5.74, 6) is 0.123. The van der Waals surface area contributed by atoms with E-state index in [1.54, 1.807) is 0 Å². The standard InChI is InChI=1S/C15H29NO2.Zr/c1-4-7-10-14(17)13-15(18)16(11-8-5-2)12-9-6-3;/h4-13H2,1-3H3;. The summed E-state index contributed by atoms with van der Waals surface area (Å²) in [6, 6.07) is 0. The summed E-state index contributed by atoms with van der Waals surface area (Å²) in [5.41, 5.74) is 0. The number of hydrogen-bond donors (Lipinski definition) is 0. The largest absolute Gasteiger partial charge is 0.342 e. The zero-order chi connectivity index (χ0) is 13.8. The quantitative estimate of drug-likeness (QED) is 0.536. The Morgan fingerprint density at radius 1 is 0.842 bits per heavy atom. The van der Waals surface area contributed by atoms with Crippen LogP contribution in [-0.2, 0) is 35.8 Å². The molecule has 0 spiro atoms. The molecule has 1 amide bonds. The second-order valence-electron chi connectivity index (χ2n) is 4.91. The number of carbonyl (C=O) groups is 2. The number of amides is 1. The molecule has 0 rings (SSSR count). The molecule has 19 heavy (non-hydrogen) atoms. The van der Waals surface area contributed by atoms with Crippen LogP contribution in [0.15, 0.2) is 0 Å². The Kier molecular flexibility index (Phi) is 16.2. The maximum Gasteiger partial charge on any atom is 0.230 e. The first-order chi connectivity index (χ1) is 8.65. The number of hydrogen-bond acceptors (Lipinski definition) is 2. The van der Waals surface area contributed by atoms with Gasteiger partial charge in [-0.05, 0) is 19.3 Å². The van der Waals surface area contributed by atoms with Crippen LogP contribution >= 0.6 is 0 Å². The van der Waals surface area contributed by atoms with Crippen molar-refractivity contribution < 1.29 is 35.8 Å². The summed E-state index contributed by atoms with van der Waals surface area (Å²) >= 11 is 0. The smallest absolute Gasteiger partial charge is 0.230 e. The molecule has 0 aromatic rings. The minimum atomic E-state index is 0. The maximum atomic E-state index is 12.0. The first-order valence-electron chi connectivity index (χ1n) is 7.45. The van der Waals surface area contributed by atoms with Crippen LogP contribution in [0.25, 0.3) is 0 Å². The van der Waals surface area contributed by atoms with Crippen molar-refractivity contribution >= 4 is 11.7 Å². The van der Waals surface area contributed by atoms with E-state index in [9.17, 15) is 9.59 Å². The Labute approximate surface area is 137 Å². The van der Waals surface area contributed by atoms with Crippen LogP contribution < -0.4 is 0 Å². The van der Waals surface area contributed by atoms with E-state index in [1.807, 2.05) is 4.90 Å². The third-order valence-electron chi connectivity index (χ3n) is 3.07. The molecule has 0 aliphatic heterocycles. The van der Waals surface area contributed by atoms with Gasteiger partial charge in [0.15, 0.2) is 0 Å². The van der Waals surface area contributed by atoms with Gasteiger partial charge in [0.2, 0.25) is 5.91 Å². The summed E-state index contributed by atoms with van der Waals surface area (Å²) < 4.78 is 0. The van der Waals surface area contributed by atoms with Crippen LogP contribution in [0.3, 0.4) is 0 Å². The molecule has 0 bridgehead atoms. The fourth-order valence-electron chi connectivity index (χ4n) is 1.80. The molecule has 0 aromatic heterocycles. The van der Waals surface area contributed by atoms with Crippen LogP contribution in [0.5, 0.6) is 0 Å². The third kappa shape index (κ3) is 11.5. The fourth-order valence-corrected chi connectivity index (χ4v) is 1.80. The van der Waals surface area contributed by atoms with Gasteiger partial charge >= 0.3 is 0 Å². The molecular weight excluding hydrogens is 317 g/mol. The zero-order valence-electron chi connectivity index (χ0n) is 12.8. The van der Waals surface area contributed by atoms with Crippen LogP contribution in [0, 0.1) is 0 Å². The minimum Gasteiger partial charge on any atom is -0.342 e. The summed E-state index contributed by atoms with van der Waals surface area (Å²) in [7, 11) is 0. The molecule has 0 heterocycles. The Morgan fingerprint density at radius 3 is 1.74 bits per heavy atom. The summed E-state index contributed by atoms with van der Waals surface area (Å²) in [6.07, 6.45) is 6.78. The molecule has 0 aliphatic rings.